The Morgan fingerprint density at radius 3 is 2.44 bits per heavy atom. The Bertz CT molecular complexity index is 708. The highest BCUT2D eigenvalue weighted by Crippen LogP contribution is 2.24. The first-order valence-electron chi connectivity index (χ1n) is 9.13. The van der Waals surface area contributed by atoms with Crippen LogP contribution in [0.15, 0.2) is 36.5 Å². The van der Waals surface area contributed by atoms with Gasteiger partial charge in [0.1, 0.15) is 11.6 Å². The molecule has 0 amide bonds. The van der Waals surface area contributed by atoms with Crippen molar-refractivity contribution in [1.29, 1.82) is 0 Å². The van der Waals surface area contributed by atoms with Crippen LogP contribution in [0, 0.1) is 5.82 Å². The summed E-state index contributed by atoms with van der Waals surface area (Å²) in [6, 6.07) is 9.45. The van der Waals surface area contributed by atoms with E-state index in [1.165, 1.54) is 31.7 Å². The van der Waals surface area contributed by atoms with Crippen LogP contribution in [-0.4, -0.2) is 42.2 Å². The highest BCUT2D eigenvalue weighted by Gasteiger charge is 2.21. The SMILES string of the molecule is Fc1ccccc1N1CCN(c2nccc(NC3CCCC3)n2)CC1. The van der Waals surface area contributed by atoms with Crippen LogP contribution in [0.5, 0.6) is 0 Å². The number of hydrogen-bond acceptors (Lipinski definition) is 5. The minimum Gasteiger partial charge on any atom is -0.367 e. The maximum atomic E-state index is 14.0. The molecule has 0 spiro atoms. The molecular weight excluding hydrogens is 317 g/mol. The molecular formula is C19H24FN5. The van der Waals surface area contributed by atoms with Gasteiger partial charge >= 0.3 is 0 Å². The molecule has 4 rings (SSSR count). The number of hydrogen-bond donors (Lipinski definition) is 1. The third kappa shape index (κ3) is 3.67. The highest BCUT2D eigenvalue weighted by molar-refractivity contribution is 5.50. The van der Waals surface area contributed by atoms with Crippen LogP contribution in [-0.2, 0) is 0 Å². The van der Waals surface area contributed by atoms with Gasteiger partial charge in [0, 0.05) is 38.4 Å². The molecule has 5 nitrogen and oxygen atoms in total. The lowest BCUT2D eigenvalue weighted by Gasteiger charge is -2.36. The molecule has 2 aliphatic rings. The Morgan fingerprint density at radius 2 is 1.68 bits per heavy atom. The van der Waals surface area contributed by atoms with Gasteiger partial charge in [0.15, 0.2) is 0 Å². The van der Waals surface area contributed by atoms with E-state index >= 15 is 0 Å². The second kappa shape index (κ2) is 7.25. The molecule has 0 unspecified atom stereocenters. The predicted octanol–water partition coefficient (Wildman–Crippen LogP) is 3.30. The molecule has 0 atom stereocenters. The number of piperazine rings is 1. The lowest BCUT2D eigenvalue weighted by Crippen LogP contribution is -2.47. The zero-order valence-corrected chi connectivity index (χ0v) is 14.4. The average Bonchev–Trinajstić information content (AvgIpc) is 3.16. The molecule has 1 N–H and O–H groups in total. The summed E-state index contributed by atoms with van der Waals surface area (Å²) in [6.07, 6.45) is 6.87. The van der Waals surface area contributed by atoms with Gasteiger partial charge in [-0.3, -0.25) is 0 Å². The summed E-state index contributed by atoms with van der Waals surface area (Å²) in [5, 5.41) is 3.52. The molecule has 2 heterocycles. The van der Waals surface area contributed by atoms with Crippen molar-refractivity contribution in [3.8, 4) is 0 Å². The van der Waals surface area contributed by atoms with E-state index in [1.54, 1.807) is 6.07 Å². The van der Waals surface area contributed by atoms with Gasteiger partial charge < -0.3 is 15.1 Å². The number of halogens is 1. The maximum absolute atomic E-state index is 14.0. The Labute approximate surface area is 147 Å². The number of nitrogens with one attached hydrogen (secondary N) is 1. The topological polar surface area (TPSA) is 44.3 Å². The van der Waals surface area contributed by atoms with E-state index in [0.29, 0.717) is 11.7 Å². The first-order valence-corrected chi connectivity index (χ1v) is 9.13. The van der Waals surface area contributed by atoms with Crippen LogP contribution in [0.1, 0.15) is 25.7 Å². The van der Waals surface area contributed by atoms with Crippen molar-refractivity contribution in [3.63, 3.8) is 0 Å². The van der Waals surface area contributed by atoms with E-state index in [9.17, 15) is 4.39 Å². The Balaban J connectivity index is 1.39. The fourth-order valence-electron chi connectivity index (χ4n) is 3.72. The van der Waals surface area contributed by atoms with E-state index in [0.717, 1.165) is 37.9 Å². The Morgan fingerprint density at radius 1 is 0.960 bits per heavy atom. The summed E-state index contributed by atoms with van der Waals surface area (Å²) in [5.41, 5.74) is 0.680. The van der Waals surface area contributed by atoms with E-state index < -0.39 is 0 Å². The summed E-state index contributed by atoms with van der Waals surface area (Å²) < 4.78 is 14.0. The van der Waals surface area contributed by atoms with E-state index in [2.05, 4.69) is 25.1 Å². The zero-order valence-electron chi connectivity index (χ0n) is 14.4. The largest absolute Gasteiger partial charge is 0.367 e. The predicted molar refractivity (Wildman–Crippen MR) is 98.7 cm³/mol. The molecule has 1 saturated heterocycles. The number of aromatic nitrogens is 2. The molecule has 6 heteroatoms. The maximum Gasteiger partial charge on any atom is 0.227 e. The first-order chi connectivity index (χ1) is 12.3. The van der Waals surface area contributed by atoms with Gasteiger partial charge in [-0.25, -0.2) is 9.37 Å². The number of nitrogens with zero attached hydrogens (tertiary/aromatic N) is 4. The molecule has 1 aliphatic heterocycles. The molecule has 1 aromatic heterocycles. The number of anilines is 3. The molecule has 132 valence electrons. The highest BCUT2D eigenvalue weighted by atomic mass is 19.1. The summed E-state index contributed by atoms with van der Waals surface area (Å²) in [6.45, 7) is 3.12. The molecule has 2 fully saturated rings. The van der Waals surface area contributed by atoms with Gasteiger partial charge in [-0.2, -0.15) is 4.98 Å². The van der Waals surface area contributed by atoms with Gasteiger partial charge in [0.25, 0.3) is 0 Å². The fraction of sp³-hybridized carbons (Fsp3) is 0.474. The van der Waals surface area contributed by atoms with Gasteiger partial charge in [0.2, 0.25) is 5.95 Å². The van der Waals surface area contributed by atoms with Crippen LogP contribution < -0.4 is 15.1 Å². The van der Waals surface area contributed by atoms with E-state index in [1.807, 2.05) is 24.4 Å². The molecule has 1 aromatic carbocycles. The number of para-hydroxylation sites is 1. The van der Waals surface area contributed by atoms with E-state index in [-0.39, 0.29) is 5.82 Å². The first kappa shape index (κ1) is 16.1. The molecule has 0 bridgehead atoms. The molecule has 1 saturated carbocycles. The molecule has 0 radical (unpaired) electrons. The van der Waals surface area contributed by atoms with Crippen LogP contribution in [0.25, 0.3) is 0 Å². The quantitative estimate of drug-likeness (QED) is 0.924. The molecule has 2 aromatic rings. The van der Waals surface area contributed by atoms with Crippen LogP contribution in [0.3, 0.4) is 0 Å². The van der Waals surface area contributed by atoms with Gasteiger partial charge in [-0.05, 0) is 31.0 Å². The van der Waals surface area contributed by atoms with Crippen molar-refractivity contribution in [1.82, 2.24) is 9.97 Å². The summed E-state index contributed by atoms with van der Waals surface area (Å²) in [5.74, 6) is 1.51. The van der Waals surface area contributed by atoms with Crippen molar-refractivity contribution < 1.29 is 4.39 Å². The lowest BCUT2D eigenvalue weighted by atomic mass is 10.2. The second-order valence-corrected chi connectivity index (χ2v) is 6.79. The summed E-state index contributed by atoms with van der Waals surface area (Å²) in [4.78, 5) is 13.4. The Kier molecular flexibility index (Phi) is 4.68. The normalized spacial score (nSPS) is 18.6. The third-order valence-electron chi connectivity index (χ3n) is 5.11. The van der Waals surface area contributed by atoms with Gasteiger partial charge in [0.05, 0.1) is 5.69 Å². The smallest absolute Gasteiger partial charge is 0.227 e. The standard InChI is InChI=1S/C19H24FN5/c20-16-7-3-4-8-17(16)24-11-13-25(14-12-24)19-21-10-9-18(23-19)22-15-5-1-2-6-15/h3-4,7-10,15H,1-2,5-6,11-14H2,(H,21,22,23). The fourth-order valence-corrected chi connectivity index (χ4v) is 3.72. The van der Waals surface area contributed by atoms with E-state index in [4.69, 9.17) is 0 Å². The van der Waals surface area contributed by atoms with Crippen LogP contribution in [0.2, 0.25) is 0 Å². The minimum absolute atomic E-state index is 0.157. The minimum atomic E-state index is -0.157. The van der Waals surface area contributed by atoms with Crippen molar-refractivity contribution in [3.05, 3.63) is 42.3 Å². The Hall–Kier alpha value is -2.37. The zero-order chi connectivity index (χ0) is 17.1. The van der Waals surface area contributed by atoms with Gasteiger partial charge in [-0.15, -0.1) is 0 Å². The van der Waals surface area contributed by atoms with Gasteiger partial charge in [-0.1, -0.05) is 25.0 Å². The average molecular weight is 341 g/mol. The van der Waals surface area contributed by atoms with Crippen molar-refractivity contribution >= 4 is 17.5 Å². The summed E-state index contributed by atoms with van der Waals surface area (Å²) >= 11 is 0. The second-order valence-electron chi connectivity index (χ2n) is 6.79. The summed E-state index contributed by atoms with van der Waals surface area (Å²) in [7, 11) is 0. The lowest BCUT2D eigenvalue weighted by molar-refractivity contribution is 0.594. The van der Waals surface area contributed by atoms with Crippen molar-refractivity contribution in [2.75, 3.05) is 41.3 Å². The third-order valence-corrected chi connectivity index (χ3v) is 5.11. The molecule has 1 aliphatic carbocycles. The number of benzene rings is 1. The van der Waals surface area contributed by atoms with Crippen LogP contribution in [0.4, 0.5) is 21.8 Å². The monoisotopic (exact) mass is 341 g/mol. The molecule has 25 heavy (non-hydrogen) atoms. The van der Waals surface area contributed by atoms with Crippen LogP contribution >= 0.6 is 0 Å². The number of rotatable bonds is 4. The van der Waals surface area contributed by atoms with Crippen molar-refractivity contribution in [2.45, 2.75) is 31.7 Å². The van der Waals surface area contributed by atoms with Crippen molar-refractivity contribution in [2.24, 2.45) is 0 Å².